The summed E-state index contributed by atoms with van der Waals surface area (Å²) in [6, 6.07) is 2.83. The van der Waals surface area contributed by atoms with E-state index in [1.165, 1.54) is 38.2 Å². The highest BCUT2D eigenvalue weighted by atomic mass is 15.3. The SMILES string of the molecule is CCn1nc(C)cc1CN(CC1CCNCC1)C(C)C. The van der Waals surface area contributed by atoms with E-state index < -0.39 is 0 Å². The van der Waals surface area contributed by atoms with Gasteiger partial charge in [-0.3, -0.25) is 9.58 Å². The summed E-state index contributed by atoms with van der Waals surface area (Å²) in [7, 11) is 0. The normalized spacial score (nSPS) is 17.3. The molecular weight excluding hydrogens is 248 g/mol. The molecule has 1 aromatic heterocycles. The Morgan fingerprint density at radius 2 is 2.10 bits per heavy atom. The van der Waals surface area contributed by atoms with Gasteiger partial charge in [0.05, 0.1) is 11.4 Å². The molecule has 114 valence electrons. The zero-order valence-electron chi connectivity index (χ0n) is 13.5. The Morgan fingerprint density at radius 3 is 2.70 bits per heavy atom. The van der Waals surface area contributed by atoms with Crippen LogP contribution in [0.5, 0.6) is 0 Å². The van der Waals surface area contributed by atoms with Gasteiger partial charge in [0.25, 0.3) is 0 Å². The Kier molecular flexibility index (Phi) is 5.61. The molecule has 1 aliphatic heterocycles. The Labute approximate surface area is 123 Å². The van der Waals surface area contributed by atoms with E-state index in [0.29, 0.717) is 6.04 Å². The second-order valence-electron chi connectivity index (χ2n) is 6.31. The molecule has 1 saturated heterocycles. The average molecular weight is 278 g/mol. The van der Waals surface area contributed by atoms with Crippen LogP contribution in [0.2, 0.25) is 0 Å². The van der Waals surface area contributed by atoms with Crippen molar-refractivity contribution in [1.82, 2.24) is 20.0 Å². The number of rotatable bonds is 6. The lowest BCUT2D eigenvalue weighted by atomic mass is 9.97. The molecule has 0 spiro atoms. The van der Waals surface area contributed by atoms with Crippen molar-refractivity contribution in [2.75, 3.05) is 19.6 Å². The lowest BCUT2D eigenvalue weighted by Gasteiger charge is -2.32. The van der Waals surface area contributed by atoms with E-state index >= 15 is 0 Å². The first-order valence-electron chi connectivity index (χ1n) is 8.08. The van der Waals surface area contributed by atoms with Crippen molar-refractivity contribution in [3.05, 3.63) is 17.5 Å². The molecule has 0 saturated carbocycles. The topological polar surface area (TPSA) is 33.1 Å². The number of nitrogens with zero attached hydrogens (tertiary/aromatic N) is 3. The molecule has 0 radical (unpaired) electrons. The highest BCUT2D eigenvalue weighted by Gasteiger charge is 2.20. The van der Waals surface area contributed by atoms with Crippen LogP contribution in [0.3, 0.4) is 0 Å². The lowest BCUT2D eigenvalue weighted by molar-refractivity contribution is 0.158. The molecule has 1 aliphatic rings. The first kappa shape index (κ1) is 15.5. The maximum absolute atomic E-state index is 4.57. The number of aryl methyl sites for hydroxylation is 2. The fourth-order valence-corrected chi connectivity index (χ4v) is 3.06. The van der Waals surface area contributed by atoms with Gasteiger partial charge in [-0.1, -0.05) is 0 Å². The molecule has 0 atom stereocenters. The largest absolute Gasteiger partial charge is 0.317 e. The fourth-order valence-electron chi connectivity index (χ4n) is 3.06. The van der Waals surface area contributed by atoms with Crippen LogP contribution in [0.4, 0.5) is 0 Å². The van der Waals surface area contributed by atoms with Gasteiger partial charge in [-0.15, -0.1) is 0 Å². The summed E-state index contributed by atoms with van der Waals surface area (Å²) < 4.78 is 2.15. The highest BCUT2D eigenvalue weighted by molar-refractivity contribution is 5.09. The van der Waals surface area contributed by atoms with E-state index in [-0.39, 0.29) is 0 Å². The van der Waals surface area contributed by atoms with E-state index in [1.807, 2.05) is 0 Å². The molecule has 0 unspecified atom stereocenters. The van der Waals surface area contributed by atoms with E-state index in [1.54, 1.807) is 0 Å². The Balaban J connectivity index is 2.00. The van der Waals surface area contributed by atoms with Gasteiger partial charge in [0.1, 0.15) is 0 Å². The van der Waals surface area contributed by atoms with Gasteiger partial charge >= 0.3 is 0 Å². The number of nitrogens with one attached hydrogen (secondary N) is 1. The Bertz CT molecular complexity index is 405. The van der Waals surface area contributed by atoms with Gasteiger partial charge in [-0.05, 0) is 65.6 Å². The van der Waals surface area contributed by atoms with Crippen LogP contribution < -0.4 is 5.32 Å². The van der Waals surface area contributed by atoms with Crippen molar-refractivity contribution in [2.45, 2.75) is 59.7 Å². The lowest BCUT2D eigenvalue weighted by Crippen LogP contribution is -2.39. The number of aromatic nitrogens is 2. The van der Waals surface area contributed by atoms with Crippen molar-refractivity contribution < 1.29 is 0 Å². The smallest absolute Gasteiger partial charge is 0.0597 e. The molecule has 1 fully saturated rings. The third-order valence-electron chi connectivity index (χ3n) is 4.33. The summed E-state index contributed by atoms with van der Waals surface area (Å²) in [5.74, 6) is 0.845. The van der Waals surface area contributed by atoms with E-state index in [2.05, 4.69) is 53.8 Å². The minimum atomic E-state index is 0.588. The summed E-state index contributed by atoms with van der Waals surface area (Å²) in [5.41, 5.74) is 2.49. The van der Waals surface area contributed by atoms with Gasteiger partial charge in [0.15, 0.2) is 0 Å². The van der Waals surface area contributed by atoms with Gasteiger partial charge < -0.3 is 5.32 Å². The minimum Gasteiger partial charge on any atom is -0.317 e. The van der Waals surface area contributed by atoms with Crippen LogP contribution in [0.25, 0.3) is 0 Å². The van der Waals surface area contributed by atoms with Crippen molar-refractivity contribution in [2.24, 2.45) is 5.92 Å². The van der Waals surface area contributed by atoms with Gasteiger partial charge in [-0.2, -0.15) is 5.10 Å². The number of hydrogen-bond acceptors (Lipinski definition) is 3. The van der Waals surface area contributed by atoms with Gasteiger partial charge in [-0.25, -0.2) is 0 Å². The zero-order valence-corrected chi connectivity index (χ0v) is 13.5. The summed E-state index contributed by atoms with van der Waals surface area (Å²) in [6.07, 6.45) is 2.63. The van der Waals surface area contributed by atoms with Crippen LogP contribution in [0.1, 0.15) is 45.0 Å². The van der Waals surface area contributed by atoms with Crippen molar-refractivity contribution >= 4 is 0 Å². The first-order valence-corrected chi connectivity index (χ1v) is 8.08. The molecule has 1 N–H and O–H groups in total. The highest BCUT2D eigenvalue weighted by Crippen LogP contribution is 2.18. The summed E-state index contributed by atoms with van der Waals surface area (Å²) in [4.78, 5) is 2.61. The zero-order chi connectivity index (χ0) is 14.5. The summed E-state index contributed by atoms with van der Waals surface area (Å²) in [5, 5.41) is 8.02. The molecule has 0 bridgehead atoms. The molecule has 1 aromatic rings. The van der Waals surface area contributed by atoms with Crippen molar-refractivity contribution in [3.63, 3.8) is 0 Å². The maximum Gasteiger partial charge on any atom is 0.0597 e. The molecular formula is C16H30N4. The summed E-state index contributed by atoms with van der Waals surface area (Å²) in [6.45, 7) is 14.4. The second-order valence-corrected chi connectivity index (χ2v) is 6.31. The van der Waals surface area contributed by atoms with Gasteiger partial charge in [0.2, 0.25) is 0 Å². The van der Waals surface area contributed by atoms with E-state index in [0.717, 1.165) is 24.7 Å². The van der Waals surface area contributed by atoms with Crippen LogP contribution in [0.15, 0.2) is 6.07 Å². The molecule has 2 rings (SSSR count). The van der Waals surface area contributed by atoms with Crippen LogP contribution >= 0.6 is 0 Å². The average Bonchev–Trinajstić information content (AvgIpc) is 2.79. The Hall–Kier alpha value is -0.870. The third-order valence-corrected chi connectivity index (χ3v) is 4.33. The molecule has 0 amide bonds. The van der Waals surface area contributed by atoms with E-state index in [9.17, 15) is 0 Å². The molecule has 4 heteroatoms. The minimum absolute atomic E-state index is 0.588. The third kappa shape index (κ3) is 4.06. The predicted octanol–water partition coefficient (Wildman–Crippen LogP) is 2.42. The standard InChI is InChI=1S/C16H30N4/c1-5-20-16(10-14(4)18-20)12-19(13(2)3)11-15-6-8-17-9-7-15/h10,13,15,17H,5-9,11-12H2,1-4H3. The van der Waals surface area contributed by atoms with Crippen LogP contribution in [-0.2, 0) is 13.1 Å². The van der Waals surface area contributed by atoms with Crippen LogP contribution in [0, 0.1) is 12.8 Å². The predicted molar refractivity (Wildman–Crippen MR) is 83.8 cm³/mol. The molecule has 20 heavy (non-hydrogen) atoms. The quantitative estimate of drug-likeness (QED) is 0.867. The summed E-state index contributed by atoms with van der Waals surface area (Å²) >= 11 is 0. The van der Waals surface area contributed by atoms with Crippen molar-refractivity contribution in [3.8, 4) is 0 Å². The van der Waals surface area contributed by atoms with Gasteiger partial charge in [0, 0.05) is 25.7 Å². The fraction of sp³-hybridized carbons (Fsp3) is 0.812. The number of hydrogen-bond donors (Lipinski definition) is 1. The molecule has 2 heterocycles. The molecule has 0 aliphatic carbocycles. The first-order chi connectivity index (χ1) is 9.60. The monoisotopic (exact) mass is 278 g/mol. The maximum atomic E-state index is 4.57. The Morgan fingerprint density at radius 1 is 1.40 bits per heavy atom. The second kappa shape index (κ2) is 7.23. The molecule has 4 nitrogen and oxygen atoms in total. The number of piperidine rings is 1. The van der Waals surface area contributed by atoms with Crippen LogP contribution in [-0.4, -0.2) is 40.4 Å². The molecule has 0 aromatic carbocycles. The van der Waals surface area contributed by atoms with Crippen molar-refractivity contribution in [1.29, 1.82) is 0 Å². The van der Waals surface area contributed by atoms with E-state index in [4.69, 9.17) is 0 Å².